The number of hydrogen-bond donors (Lipinski definition) is 1. The zero-order valence-electron chi connectivity index (χ0n) is 8.70. The summed E-state index contributed by atoms with van der Waals surface area (Å²) >= 11 is 3.59. The summed E-state index contributed by atoms with van der Waals surface area (Å²) in [6.07, 6.45) is 0.894. The van der Waals surface area contributed by atoms with Gasteiger partial charge >= 0.3 is 0 Å². The minimum Gasteiger partial charge on any atom is -0.330 e. The third-order valence-electron chi connectivity index (χ3n) is 2.50. The molecule has 0 saturated carbocycles. The number of nitrogens with two attached hydrogens (primary N) is 1. The zero-order valence-corrected chi connectivity index (χ0v) is 10.3. The molecule has 0 unspecified atom stereocenters. The summed E-state index contributed by atoms with van der Waals surface area (Å²) in [5, 5.41) is 5.70. The largest absolute Gasteiger partial charge is 0.330 e. The van der Waals surface area contributed by atoms with E-state index < -0.39 is 0 Å². The van der Waals surface area contributed by atoms with E-state index in [4.69, 9.17) is 5.73 Å². The van der Waals surface area contributed by atoms with Crippen LogP contribution in [0.25, 0.3) is 10.9 Å². The second-order valence-corrected chi connectivity index (χ2v) is 4.21. The second kappa shape index (κ2) is 4.33. The van der Waals surface area contributed by atoms with E-state index in [0.29, 0.717) is 6.54 Å². The summed E-state index contributed by atoms with van der Waals surface area (Å²) in [5.41, 5.74) is 7.90. The summed E-state index contributed by atoms with van der Waals surface area (Å²) in [4.78, 5) is 0. The van der Waals surface area contributed by atoms with Gasteiger partial charge in [-0.3, -0.25) is 4.68 Å². The number of nitrogens with zero attached hydrogens (tertiary/aromatic N) is 2. The Morgan fingerprint density at radius 1 is 1.47 bits per heavy atom. The average Bonchev–Trinajstić information content (AvgIpc) is 2.57. The molecule has 0 aliphatic carbocycles. The molecule has 0 saturated heterocycles. The quantitative estimate of drug-likeness (QED) is 0.928. The standard InChI is InChI=1S/C11H14BrN3/c1-2-15-11(12)10-8(6-7-13)4-3-5-9(10)14-15/h3-5H,2,6-7,13H2,1H3. The van der Waals surface area contributed by atoms with Gasteiger partial charge < -0.3 is 5.73 Å². The third-order valence-corrected chi connectivity index (χ3v) is 3.31. The van der Waals surface area contributed by atoms with Gasteiger partial charge in [0.1, 0.15) is 4.60 Å². The monoisotopic (exact) mass is 267 g/mol. The van der Waals surface area contributed by atoms with Gasteiger partial charge in [-0.25, -0.2) is 0 Å². The maximum absolute atomic E-state index is 5.60. The van der Waals surface area contributed by atoms with Gasteiger partial charge in [-0.1, -0.05) is 12.1 Å². The van der Waals surface area contributed by atoms with Gasteiger partial charge in [0.2, 0.25) is 0 Å². The molecule has 1 aromatic carbocycles. The Morgan fingerprint density at radius 3 is 2.93 bits per heavy atom. The lowest BCUT2D eigenvalue weighted by molar-refractivity contribution is 0.653. The fraction of sp³-hybridized carbons (Fsp3) is 0.364. The van der Waals surface area contributed by atoms with Crippen molar-refractivity contribution in [1.29, 1.82) is 0 Å². The minimum atomic E-state index is 0.670. The van der Waals surface area contributed by atoms with Crippen LogP contribution in [0.4, 0.5) is 0 Å². The van der Waals surface area contributed by atoms with Crippen molar-refractivity contribution in [3.05, 3.63) is 28.4 Å². The van der Waals surface area contributed by atoms with Crippen LogP contribution in [-0.2, 0) is 13.0 Å². The van der Waals surface area contributed by atoms with E-state index in [1.165, 1.54) is 10.9 Å². The third kappa shape index (κ3) is 1.79. The lowest BCUT2D eigenvalue weighted by Gasteiger charge is -2.01. The van der Waals surface area contributed by atoms with Crippen LogP contribution in [0.3, 0.4) is 0 Å². The molecule has 0 aliphatic rings. The van der Waals surface area contributed by atoms with Crippen molar-refractivity contribution >= 4 is 26.8 Å². The van der Waals surface area contributed by atoms with Crippen LogP contribution < -0.4 is 5.73 Å². The molecule has 0 radical (unpaired) electrons. The highest BCUT2D eigenvalue weighted by Crippen LogP contribution is 2.27. The van der Waals surface area contributed by atoms with E-state index in [-0.39, 0.29) is 0 Å². The fourth-order valence-corrected chi connectivity index (χ4v) is 2.57. The van der Waals surface area contributed by atoms with Crippen LogP contribution >= 0.6 is 15.9 Å². The van der Waals surface area contributed by atoms with Crippen molar-refractivity contribution in [3.63, 3.8) is 0 Å². The Bertz CT molecular complexity index is 476. The van der Waals surface area contributed by atoms with E-state index in [2.05, 4.69) is 34.0 Å². The Morgan fingerprint density at radius 2 is 2.27 bits per heavy atom. The number of rotatable bonds is 3. The average molecular weight is 268 g/mol. The van der Waals surface area contributed by atoms with Crippen LogP contribution in [0.1, 0.15) is 12.5 Å². The fourth-order valence-electron chi connectivity index (χ4n) is 1.78. The molecule has 2 N–H and O–H groups in total. The van der Waals surface area contributed by atoms with Gasteiger partial charge in [0.15, 0.2) is 0 Å². The molecule has 0 aliphatic heterocycles. The smallest absolute Gasteiger partial charge is 0.112 e. The molecule has 3 nitrogen and oxygen atoms in total. The summed E-state index contributed by atoms with van der Waals surface area (Å²) in [5.74, 6) is 0. The van der Waals surface area contributed by atoms with E-state index in [1.54, 1.807) is 0 Å². The summed E-state index contributed by atoms with van der Waals surface area (Å²) in [6, 6.07) is 6.18. The number of hydrogen-bond acceptors (Lipinski definition) is 2. The number of benzene rings is 1. The topological polar surface area (TPSA) is 43.8 Å². The van der Waals surface area contributed by atoms with E-state index in [1.807, 2.05) is 16.8 Å². The molecule has 80 valence electrons. The molecular formula is C11H14BrN3. The molecule has 2 rings (SSSR count). The Labute approximate surface area is 97.4 Å². The van der Waals surface area contributed by atoms with Gasteiger partial charge in [0.05, 0.1) is 5.52 Å². The van der Waals surface area contributed by atoms with Crippen LogP contribution in [0.15, 0.2) is 22.8 Å². The van der Waals surface area contributed by atoms with Crippen LogP contribution in [0.5, 0.6) is 0 Å². The van der Waals surface area contributed by atoms with Gasteiger partial charge in [-0.05, 0) is 47.4 Å². The SMILES string of the molecule is CCn1nc2cccc(CCN)c2c1Br. The normalized spacial score (nSPS) is 11.1. The van der Waals surface area contributed by atoms with Crippen LogP contribution in [0, 0.1) is 0 Å². The van der Waals surface area contributed by atoms with Gasteiger partial charge in [-0.15, -0.1) is 0 Å². The highest BCUT2D eigenvalue weighted by molar-refractivity contribution is 9.10. The molecule has 0 amide bonds. The Balaban J connectivity index is 2.67. The predicted molar refractivity (Wildman–Crippen MR) is 65.9 cm³/mol. The van der Waals surface area contributed by atoms with Crippen molar-refractivity contribution in [2.45, 2.75) is 19.9 Å². The molecular weight excluding hydrogens is 254 g/mol. The zero-order chi connectivity index (χ0) is 10.8. The number of aryl methyl sites for hydroxylation is 1. The maximum Gasteiger partial charge on any atom is 0.112 e. The maximum atomic E-state index is 5.60. The molecule has 15 heavy (non-hydrogen) atoms. The molecule has 1 aromatic heterocycles. The van der Waals surface area contributed by atoms with Crippen LogP contribution in [0.2, 0.25) is 0 Å². The van der Waals surface area contributed by atoms with E-state index in [9.17, 15) is 0 Å². The summed E-state index contributed by atoms with van der Waals surface area (Å²) < 4.78 is 3.02. The second-order valence-electron chi connectivity index (χ2n) is 3.46. The Kier molecular flexibility index (Phi) is 3.07. The first-order valence-corrected chi connectivity index (χ1v) is 5.91. The van der Waals surface area contributed by atoms with Crippen molar-refractivity contribution in [1.82, 2.24) is 9.78 Å². The molecule has 0 atom stereocenters. The lowest BCUT2D eigenvalue weighted by Crippen LogP contribution is -2.02. The first kappa shape index (κ1) is 10.6. The lowest BCUT2D eigenvalue weighted by atomic mass is 10.1. The predicted octanol–water partition coefficient (Wildman–Crippen LogP) is 2.32. The number of fused-ring (bicyclic) bond motifs is 1. The number of halogens is 1. The van der Waals surface area contributed by atoms with Crippen molar-refractivity contribution in [2.75, 3.05) is 6.54 Å². The number of aromatic nitrogens is 2. The van der Waals surface area contributed by atoms with Crippen molar-refractivity contribution < 1.29 is 0 Å². The minimum absolute atomic E-state index is 0.670. The molecule has 1 heterocycles. The molecule has 2 aromatic rings. The molecule has 4 heteroatoms. The molecule has 0 bridgehead atoms. The first-order valence-electron chi connectivity index (χ1n) is 5.12. The van der Waals surface area contributed by atoms with Gasteiger partial charge in [-0.2, -0.15) is 5.10 Å². The van der Waals surface area contributed by atoms with Crippen LogP contribution in [-0.4, -0.2) is 16.3 Å². The summed E-state index contributed by atoms with van der Waals surface area (Å²) in [7, 11) is 0. The van der Waals surface area contributed by atoms with Gasteiger partial charge in [0, 0.05) is 11.9 Å². The van der Waals surface area contributed by atoms with Crippen molar-refractivity contribution in [2.24, 2.45) is 5.73 Å². The summed E-state index contributed by atoms with van der Waals surface area (Å²) in [6.45, 7) is 3.62. The highest BCUT2D eigenvalue weighted by atomic mass is 79.9. The first-order chi connectivity index (χ1) is 7.27. The molecule has 0 spiro atoms. The van der Waals surface area contributed by atoms with E-state index >= 15 is 0 Å². The van der Waals surface area contributed by atoms with E-state index in [0.717, 1.165) is 23.1 Å². The molecule has 0 fully saturated rings. The van der Waals surface area contributed by atoms with Gasteiger partial charge in [0.25, 0.3) is 0 Å². The highest BCUT2D eigenvalue weighted by Gasteiger charge is 2.10. The Hall–Kier alpha value is -0.870. The van der Waals surface area contributed by atoms with Crippen molar-refractivity contribution in [3.8, 4) is 0 Å².